The maximum absolute atomic E-state index is 13.3. The molecule has 1 amide bonds. The number of carbonyl (C=O) groups is 1. The van der Waals surface area contributed by atoms with E-state index in [0.29, 0.717) is 29.1 Å². The highest BCUT2D eigenvalue weighted by molar-refractivity contribution is 7.92. The van der Waals surface area contributed by atoms with Gasteiger partial charge in [0.25, 0.3) is 5.91 Å². The second kappa shape index (κ2) is 8.44. The van der Waals surface area contributed by atoms with E-state index in [2.05, 4.69) is 5.32 Å². The molecule has 2 atom stereocenters. The number of rotatable bonds is 5. The van der Waals surface area contributed by atoms with Crippen LogP contribution in [0.5, 0.6) is 0 Å². The number of benzene rings is 2. The number of anilines is 2. The maximum Gasteiger partial charge on any atom is 0.258 e. The van der Waals surface area contributed by atoms with Gasteiger partial charge in [0.1, 0.15) is 0 Å². The Morgan fingerprint density at radius 3 is 2.03 bits per heavy atom. The molecule has 0 radical (unpaired) electrons. The molecule has 2 aliphatic heterocycles. The van der Waals surface area contributed by atoms with Gasteiger partial charge >= 0.3 is 0 Å². The smallest absolute Gasteiger partial charge is 0.258 e. The van der Waals surface area contributed by atoms with Crippen LogP contribution in [-0.2, 0) is 19.7 Å². The fourth-order valence-corrected chi connectivity index (χ4v) is 7.57. The zero-order valence-electron chi connectivity index (χ0n) is 16.7. The van der Waals surface area contributed by atoms with Gasteiger partial charge in [0.15, 0.2) is 19.7 Å². The lowest BCUT2D eigenvalue weighted by Crippen LogP contribution is -2.41. The molecule has 2 saturated heterocycles. The number of halogens is 1. The van der Waals surface area contributed by atoms with Crippen LogP contribution < -0.4 is 10.2 Å². The van der Waals surface area contributed by atoms with Gasteiger partial charge in [-0.15, -0.1) is 0 Å². The molecule has 0 aliphatic carbocycles. The molecular formula is C21H23ClN2O5S2. The molecule has 10 heteroatoms. The molecule has 4 rings (SSSR count). The lowest BCUT2D eigenvalue weighted by Gasteiger charge is -2.29. The van der Waals surface area contributed by atoms with Crippen LogP contribution in [-0.4, -0.2) is 57.8 Å². The number of nitrogens with zero attached hydrogens (tertiary/aromatic N) is 1. The molecule has 7 nitrogen and oxygen atoms in total. The van der Waals surface area contributed by atoms with Gasteiger partial charge in [0, 0.05) is 28.0 Å². The summed E-state index contributed by atoms with van der Waals surface area (Å²) in [6.45, 7) is 0. The first kappa shape index (κ1) is 22.1. The monoisotopic (exact) mass is 482 g/mol. The fourth-order valence-electron chi connectivity index (χ4n) is 4.07. The number of amides is 1. The molecule has 0 aromatic heterocycles. The third kappa shape index (κ3) is 5.22. The predicted octanol–water partition coefficient (Wildman–Crippen LogP) is 2.77. The van der Waals surface area contributed by atoms with Crippen molar-refractivity contribution in [1.29, 1.82) is 0 Å². The Hall–Kier alpha value is -2.10. The van der Waals surface area contributed by atoms with E-state index in [1.165, 1.54) is 4.90 Å². The summed E-state index contributed by atoms with van der Waals surface area (Å²) in [7, 11) is -6.18. The van der Waals surface area contributed by atoms with Crippen molar-refractivity contribution in [1.82, 2.24) is 0 Å². The average molecular weight is 483 g/mol. The number of hydrogen-bond acceptors (Lipinski definition) is 6. The SMILES string of the molecule is O=C(c1ccc(Cl)cc1)N(c1ccc(NC2CCS(=O)(=O)C2)cc1)C1CCS(=O)(=O)C1. The average Bonchev–Trinajstić information content (AvgIpc) is 3.24. The first-order valence-corrected chi connectivity index (χ1v) is 14.0. The summed E-state index contributed by atoms with van der Waals surface area (Å²) in [6.07, 6.45) is 0.937. The van der Waals surface area contributed by atoms with Crippen molar-refractivity contribution in [2.45, 2.75) is 24.9 Å². The summed E-state index contributed by atoms with van der Waals surface area (Å²) in [5, 5.41) is 3.73. The van der Waals surface area contributed by atoms with Gasteiger partial charge in [-0.3, -0.25) is 4.79 Å². The van der Waals surface area contributed by atoms with Gasteiger partial charge in [0.05, 0.1) is 29.1 Å². The second-order valence-corrected chi connectivity index (χ2v) is 12.9. The molecule has 0 bridgehead atoms. The number of nitrogens with one attached hydrogen (secondary N) is 1. The van der Waals surface area contributed by atoms with Gasteiger partial charge < -0.3 is 10.2 Å². The van der Waals surface area contributed by atoms with Crippen LogP contribution in [0.25, 0.3) is 0 Å². The first-order valence-electron chi connectivity index (χ1n) is 9.98. The molecule has 31 heavy (non-hydrogen) atoms. The molecule has 2 aliphatic rings. The summed E-state index contributed by atoms with van der Waals surface area (Å²) in [4.78, 5) is 14.8. The van der Waals surface area contributed by atoms with Crippen LogP contribution in [0.3, 0.4) is 0 Å². The van der Waals surface area contributed by atoms with Crippen molar-refractivity contribution in [2.75, 3.05) is 33.2 Å². The Bertz CT molecular complexity index is 1180. The molecular weight excluding hydrogens is 460 g/mol. The summed E-state index contributed by atoms with van der Waals surface area (Å²) in [6, 6.07) is 13.0. The molecule has 166 valence electrons. The van der Waals surface area contributed by atoms with E-state index in [0.717, 1.165) is 5.69 Å². The standard InChI is InChI=1S/C21H23ClN2O5S2/c22-16-3-1-15(2-4-16)21(25)24(20-10-12-31(28,29)14-20)19-7-5-17(6-8-19)23-18-9-11-30(26,27)13-18/h1-8,18,20,23H,9-14H2. The van der Waals surface area contributed by atoms with E-state index in [1.54, 1.807) is 48.5 Å². The van der Waals surface area contributed by atoms with Crippen molar-refractivity contribution in [3.63, 3.8) is 0 Å². The summed E-state index contributed by atoms with van der Waals surface area (Å²) < 4.78 is 47.5. The fraction of sp³-hybridized carbons (Fsp3) is 0.381. The van der Waals surface area contributed by atoms with E-state index >= 15 is 0 Å². The lowest BCUT2D eigenvalue weighted by molar-refractivity contribution is 0.0979. The van der Waals surface area contributed by atoms with E-state index in [-0.39, 0.29) is 35.0 Å². The summed E-state index contributed by atoms with van der Waals surface area (Å²) in [5.41, 5.74) is 1.77. The van der Waals surface area contributed by atoms with Crippen molar-refractivity contribution in [2.24, 2.45) is 0 Å². The largest absolute Gasteiger partial charge is 0.381 e. The minimum Gasteiger partial charge on any atom is -0.381 e. The van der Waals surface area contributed by atoms with E-state index < -0.39 is 25.7 Å². The topological polar surface area (TPSA) is 101 Å². The summed E-state index contributed by atoms with van der Waals surface area (Å²) in [5.74, 6) is -0.0243. The van der Waals surface area contributed by atoms with Gasteiger partial charge in [-0.05, 0) is 61.4 Å². The van der Waals surface area contributed by atoms with Crippen molar-refractivity contribution < 1.29 is 21.6 Å². The third-order valence-electron chi connectivity index (χ3n) is 5.63. The molecule has 2 aromatic rings. The zero-order valence-corrected chi connectivity index (χ0v) is 19.1. The Labute approximate surface area is 187 Å². The van der Waals surface area contributed by atoms with Crippen LogP contribution in [0.2, 0.25) is 5.02 Å². The molecule has 2 fully saturated rings. The van der Waals surface area contributed by atoms with Gasteiger partial charge in [-0.1, -0.05) is 11.6 Å². The molecule has 1 N–H and O–H groups in total. The van der Waals surface area contributed by atoms with Crippen LogP contribution in [0.1, 0.15) is 23.2 Å². The van der Waals surface area contributed by atoms with Crippen LogP contribution in [0, 0.1) is 0 Å². The van der Waals surface area contributed by atoms with Gasteiger partial charge in [-0.2, -0.15) is 0 Å². The minimum absolute atomic E-state index is 0.0534. The highest BCUT2D eigenvalue weighted by atomic mass is 35.5. The van der Waals surface area contributed by atoms with Crippen LogP contribution >= 0.6 is 11.6 Å². The van der Waals surface area contributed by atoms with Crippen molar-refractivity contribution in [3.8, 4) is 0 Å². The number of sulfone groups is 2. The zero-order chi connectivity index (χ0) is 22.2. The minimum atomic E-state index is -3.19. The molecule has 0 saturated carbocycles. The van der Waals surface area contributed by atoms with E-state index in [4.69, 9.17) is 11.6 Å². The Morgan fingerprint density at radius 2 is 1.48 bits per heavy atom. The molecule has 2 unspecified atom stereocenters. The van der Waals surface area contributed by atoms with Crippen LogP contribution in [0.15, 0.2) is 48.5 Å². The molecule has 2 aromatic carbocycles. The Balaban J connectivity index is 1.59. The maximum atomic E-state index is 13.3. The third-order valence-corrected chi connectivity index (χ3v) is 9.40. The van der Waals surface area contributed by atoms with Crippen molar-refractivity contribution in [3.05, 3.63) is 59.1 Å². The van der Waals surface area contributed by atoms with Crippen LogP contribution in [0.4, 0.5) is 11.4 Å². The van der Waals surface area contributed by atoms with E-state index in [9.17, 15) is 21.6 Å². The quantitative estimate of drug-likeness (QED) is 0.703. The lowest BCUT2D eigenvalue weighted by atomic mass is 10.1. The number of hydrogen-bond donors (Lipinski definition) is 1. The van der Waals surface area contributed by atoms with Crippen molar-refractivity contribution >= 4 is 48.6 Å². The van der Waals surface area contributed by atoms with Gasteiger partial charge in [0.2, 0.25) is 0 Å². The normalized spacial score (nSPS) is 24.0. The number of carbonyl (C=O) groups excluding carboxylic acids is 1. The molecule has 0 spiro atoms. The highest BCUT2D eigenvalue weighted by Gasteiger charge is 2.36. The Morgan fingerprint density at radius 1 is 0.871 bits per heavy atom. The first-order chi connectivity index (χ1) is 14.6. The predicted molar refractivity (Wildman–Crippen MR) is 122 cm³/mol. The second-order valence-electron chi connectivity index (χ2n) is 8.03. The van der Waals surface area contributed by atoms with Gasteiger partial charge in [-0.25, -0.2) is 16.8 Å². The molecule has 2 heterocycles. The summed E-state index contributed by atoms with van der Waals surface area (Å²) >= 11 is 5.93. The Kier molecular flexibility index (Phi) is 6.02. The highest BCUT2D eigenvalue weighted by Crippen LogP contribution is 2.28. The van der Waals surface area contributed by atoms with E-state index in [1.807, 2.05) is 0 Å².